The lowest BCUT2D eigenvalue weighted by Gasteiger charge is -2.15. The number of aryl methyl sites for hydroxylation is 1. The minimum absolute atomic E-state index is 0.229. The first-order chi connectivity index (χ1) is 7.66. The van der Waals surface area contributed by atoms with Gasteiger partial charge in [0.25, 0.3) is 0 Å². The third-order valence-corrected chi connectivity index (χ3v) is 2.81. The zero-order chi connectivity index (χ0) is 11.5. The van der Waals surface area contributed by atoms with Gasteiger partial charge in [-0.05, 0) is 24.6 Å². The fraction of sp³-hybridized carbons (Fsp3) is 0.250. The van der Waals surface area contributed by atoms with Gasteiger partial charge in [-0.2, -0.15) is 5.10 Å². The summed E-state index contributed by atoms with van der Waals surface area (Å²) in [6, 6.07) is 10.0. The summed E-state index contributed by atoms with van der Waals surface area (Å²) < 4.78 is 1.81. The third-order valence-electron chi connectivity index (χ3n) is 2.56. The van der Waals surface area contributed by atoms with E-state index in [1.54, 1.807) is 6.20 Å². The Labute approximate surface area is 100 Å². The standard InChI is InChI=1S/C12H14ClN3/c1-9(10-3-5-11(13)6-4-10)15-12-7-8-14-16(12)2/h3-9,15H,1-2H3. The number of anilines is 1. The summed E-state index contributed by atoms with van der Waals surface area (Å²) in [5, 5.41) is 8.25. The van der Waals surface area contributed by atoms with E-state index in [0.29, 0.717) is 0 Å². The molecule has 2 rings (SSSR count). The summed E-state index contributed by atoms with van der Waals surface area (Å²) in [5.41, 5.74) is 1.20. The molecule has 0 saturated heterocycles. The van der Waals surface area contributed by atoms with Gasteiger partial charge in [0, 0.05) is 24.2 Å². The van der Waals surface area contributed by atoms with Gasteiger partial charge in [-0.1, -0.05) is 23.7 Å². The Balaban J connectivity index is 2.11. The Morgan fingerprint density at radius 2 is 1.94 bits per heavy atom. The zero-order valence-electron chi connectivity index (χ0n) is 9.31. The lowest BCUT2D eigenvalue weighted by Crippen LogP contribution is -2.09. The number of aromatic nitrogens is 2. The summed E-state index contributed by atoms with van der Waals surface area (Å²) in [6.45, 7) is 2.11. The Kier molecular flexibility index (Phi) is 3.15. The van der Waals surface area contributed by atoms with Crippen LogP contribution in [0.25, 0.3) is 0 Å². The van der Waals surface area contributed by atoms with Gasteiger partial charge in [-0.3, -0.25) is 4.68 Å². The highest BCUT2D eigenvalue weighted by Gasteiger charge is 2.06. The highest BCUT2D eigenvalue weighted by atomic mass is 35.5. The molecule has 2 aromatic rings. The minimum Gasteiger partial charge on any atom is -0.364 e. The van der Waals surface area contributed by atoms with Crippen LogP contribution in [-0.4, -0.2) is 9.78 Å². The van der Waals surface area contributed by atoms with E-state index in [4.69, 9.17) is 11.6 Å². The van der Waals surface area contributed by atoms with E-state index in [2.05, 4.69) is 17.3 Å². The summed E-state index contributed by atoms with van der Waals surface area (Å²) in [5.74, 6) is 1.00. The van der Waals surface area contributed by atoms with Crippen molar-refractivity contribution in [1.29, 1.82) is 0 Å². The lowest BCUT2D eigenvalue weighted by atomic mass is 10.1. The van der Waals surface area contributed by atoms with Crippen LogP contribution in [0.3, 0.4) is 0 Å². The molecule has 1 aromatic heterocycles. The molecule has 0 aliphatic heterocycles. The van der Waals surface area contributed by atoms with Gasteiger partial charge in [0.05, 0.1) is 6.20 Å². The maximum atomic E-state index is 5.85. The van der Waals surface area contributed by atoms with Crippen molar-refractivity contribution in [2.24, 2.45) is 7.05 Å². The molecule has 84 valence electrons. The van der Waals surface area contributed by atoms with Crippen molar-refractivity contribution in [3.63, 3.8) is 0 Å². The topological polar surface area (TPSA) is 29.9 Å². The zero-order valence-corrected chi connectivity index (χ0v) is 10.1. The van der Waals surface area contributed by atoms with E-state index < -0.39 is 0 Å². The molecule has 0 saturated carbocycles. The predicted octanol–water partition coefficient (Wildman–Crippen LogP) is 3.25. The number of rotatable bonds is 3. The SMILES string of the molecule is CC(Nc1ccnn1C)c1ccc(Cl)cc1. The second-order valence-electron chi connectivity index (χ2n) is 3.76. The van der Waals surface area contributed by atoms with Gasteiger partial charge < -0.3 is 5.32 Å². The first-order valence-electron chi connectivity index (χ1n) is 5.17. The smallest absolute Gasteiger partial charge is 0.124 e. The fourth-order valence-corrected chi connectivity index (χ4v) is 1.70. The summed E-state index contributed by atoms with van der Waals surface area (Å²) >= 11 is 5.85. The summed E-state index contributed by atoms with van der Waals surface area (Å²) in [7, 11) is 1.91. The molecule has 0 fully saturated rings. The molecular formula is C12H14ClN3. The molecule has 16 heavy (non-hydrogen) atoms. The molecule has 3 nitrogen and oxygen atoms in total. The number of benzene rings is 1. The van der Waals surface area contributed by atoms with E-state index in [1.165, 1.54) is 5.56 Å². The average Bonchev–Trinajstić information content (AvgIpc) is 2.65. The molecule has 1 atom stereocenters. The molecule has 1 heterocycles. The lowest BCUT2D eigenvalue weighted by molar-refractivity contribution is 0.751. The van der Waals surface area contributed by atoms with Crippen LogP contribution in [0.4, 0.5) is 5.82 Å². The molecule has 1 N–H and O–H groups in total. The van der Waals surface area contributed by atoms with Crippen molar-refractivity contribution in [2.45, 2.75) is 13.0 Å². The molecule has 0 bridgehead atoms. The van der Waals surface area contributed by atoms with Gasteiger partial charge in [-0.15, -0.1) is 0 Å². The van der Waals surface area contributed by atoms with Crippen LogP contribution < -0.4 is 5.32 Å². The normalized spacial score (nSPS) is 12.4. The van der Waals surface area contributed by atoms with Crippen molar-refractivity contribution in [3.8, 4) is 0 Å². The quantitative estimate of drug-likeness (QED) is 0.885. The fourth-order valence-electron chi connectivity index (χ4n) is 1.57. The molecule has 1 aromatic carbocycles. The van der Waals surface area contributed by atoms with Crippen LogP contribution in [0.5, 0.6) is 0 Å². The molecule has 4 heteroatoms. The van der Waals surface area contributed by atoms with E-state index in [1.807, 2.05) is 42.1 Å². The number of halogens is 1. The van der Waals surface area contributed by atoms with E-state index >= 15 is 0 Å². The molecular weight excluding hydrogens is 222 g/mol. The maximum absolute atomic E-state index is 5.85. The van der Waals surface area contributed by atoms with Crippen LogP contribution in [0.2, 0.25) is 5.02 Å². The van der Waals surface area contributed by atoms with Gasteiger partial charge >= 0.3 is 0 Å². The first kappa shape index (κ1) is 11.0. The van der Waals surface area contributed by atoms with E-state index in [9.17, 15) is 0 Å². The van der Waals surface area contributed by atoms with Gasteiger partial charge in [0.1, 0.15) is 5.82 Å². The number of hydrogen-bond acceptors (Lipinski definition) is 2. The maximum Gasteiger partial charge on any atom is 0.124 e. The van der Waals surface area contributed by atoms with Gasteiger partial charge in [-0.25, -0.2) is 0 Å². The molecule has 1 unspecified atom stereocenters. The molecule has 0 amide bonds. The van der Waals surface area contributed by atoms with Crippen molar-refractivity contribution in [1.82, 2.24) is 9.78 Å². The molecule has 0 radical (unpaired) electrons. The largest absolute Gasteiger partial charge is 0.364 e. The second kappa shape index (κ2) is 4.58. The third kappa shape index (κ3) is 2.36. The van der Waals surface area contributed by atoms with E-state index in [-0.39, 0.29) is 6.04 Å². The Morgan fingerprint density at radius 3 is 2.50 bits per heavy atom. The Morgan fingerprint density at radius 1 is 1.25 bits per heavy atom. The molecule has 0 aliphatic carbocycles. The monoisotopic (exact) mass is 235 g/mol. The van der Waals surface area contributed by atoms with Crippen LogP contribution >= 0.6 is 11.6 Å². The molecule has 0 aliphatic rings. The predicted molar refractivity (Wildman–Crippen MR) is 66.7 cm³/mol. The number of nitrogens with zero attached hydrogens (tertiary/aromatic N) is 2. The van der Waals surface area contributed by atoms with Crippen LogP contribution in [0.1, 0.15) is 18.5 Å². The highest BCUT2D eigenvalue weighted by Crippen LogP contribution is 2.20. The number of nitrogens with one attached hydrogen (secondary N) is 1. The van der Waals surface area contributed by atoms with Crippen molar-refractivity contribution < 1.29 is 0 Å². The Bertz CT molecular complexity index is 461. The van der Waals surface area contributed by atoms with Crippen LogP contribution in [0.15, 0.2) is 36.5 Å². The van der Waals surface area contributed by atoms with E-state index in [0.717, 1.165) is 10.8 Å². The van der Waals surface area contributed by atoms with Gasteiger partial charge in [0.2, 0.25) is 0 Å². The minimum atomic E-state index is 0.229. The molecule has 0 spiro atoms. The average molecular weight is 236 g/mol. The van der Waals surface area contributed by atoms with Gasteiger partial charge in [0.15, 0.2) is 0 Å². The second-order valence-corrected chi connectivity index (χ2v) is 4.19. The first-order valence-corrected chi connectivity index (χ1v) is 5.54. The summed E-state index contributed by atoms with van der Waals surface area (Å²) in [4.78, 5) is 0. The highest BCUT2D eigenvalue weighted by molar-refractivity contribution is 6.30. The number of hydrogen-bond donors (Lipinski definition) is 1. The Hall–Kier alpha value is -1.48. The summed E-state index contributed by atoms with van der Waals surface area (Å²) in [6.07, 6.45) is 1.77. The van der Waals surface area contributed by atoms with Crippen LogP contribution in [-0.2, 0) is 7.05 Å². The van der Waals surface area contributed by atoms with Crippen molar-refractivity contribution in [3.05, 3.63) is 47.1 Å². The van der Waals surface area contributed by atoms with Crippen LogP contribution in [0, 0.1) is 0 Å². The van der Waals surface area contributed by atoms with Crippen molar-refractivity contribution in [2.75, 3.05) is 5.32 Å². The van der Waals surface area contributed by atoms with Crippen molar-refractivity contribution >= 4 is 17.4 Å².